The molecule has 1 rings (SSSR count). The first-order valence-electron chi connectivity index (χ1n) is 5.99. The molecule has 0 heterocycles. The Labute approximate surface area is 112 Å². The standard InChI is InChI=1S/C13H21BrN2O/c1-16(5-3-2-4-6-17)13-8-11(10-15)7-12(14)9-13/h7-9,17H,2-6,10,15H2,1H3. The van der Waals surface area contributed by atoms with Gasteiger partial charge in [-0.1, -0.05) is 15.9 Å². The van der Waals surface area contributed by atoms with Crippen LogP contribution in [0.5, 0.6) is 0 Å². The molecule has 0 amide bonds. The van der Waals surface area contributed by atoms with Gasteiger partial charge >= 0.3 is 0 Å². The zero-order valence-corrected chi connectivity index (χ0v) is 11.9. The van der Waals surface area contributed by atoms with Crippen molar-refractivity contribution in [3.63, 3.8) is 0 Å². The number of halogens is 1. The fourth-order valence-corrected chi connectivity index (χ4v) is 2.27. The maximum absolute atomic E-state index is 8.72. The highest BCUT2D eigenvalue weighted by molar-refractivity contribution is 9.10. The van der Waals surface area contributed by atoms with E-state index < -0.39 is 0 Å². The van der Waals surface area contributed by atoms with Crippen LogP contribution in [0.4, 0.5) is 5.69 Å². The van der Waals surface area contributed by atoms with Crippen LogP contribution in [0.15, 0.2) is 22.7 Å². The van der Waals surface area contributed by atoms with Crippen molar-refractivity contribution in [2.75, 3.05) is 25.1 Å². The van der Waals surface area contributed by atoms with E-state index >= 15 is 0 Å². The Hall–Kier alpha value is -0.580. The van der Waals surface area contributed by atoms with Crippen LogP contribution in [0.1, 0.15) is 24.8 Å². The molecule has 17 heavy (non-hydrogen) atoms. The summed E-state index contributed by atoms with van der Waals surface area (Å²) in [6.45, 7) is 1.85. The molecule has 4 heteroatoms. The lowest BCUT2D eigenvalue weighted by Gasteiger charge is -2.20. The topological polar surface area (TPSA) is 49.5 Å². The van der Waals surface area contributed by atoms with Gasteiger partial charge in [-0.05, 0) is 43.0 Å². The van der Waals surface area contributed by atoms with Crippen LogP contribution in [0.3, 0.4) is 0 Å². The Balaban J connectivity index is 2.55. The van der Waals surface area contributed by atoms with Gasteiger partial charge in [-0.3, -0.25) is 0 Å². The molecule has 0 bridgehead atoms. The summed E-state index contributed by atoms with van der Waals surface area (Å²) >= 11 is 3.50. The van der Waals surface area contributed by atoms with E-state index in [1.165, 1.54) is 5.69 Å². The SMILES string of the molecule is CN(CCCCCO)c1cc(Br)cc(CN)c1. The Morgan fingerprint density at radius 2 is 2.00 bits per heavy atom. The zero-order chi connectivity index (χ0) is 12.7. The van der Waals surface area contributed by atoms with Gasteiger partial charge in [-0.15, -0.1) is 0 Å². The number of nitrogens with zero attached hydrogens (tertiary/aromatic N) is 1. The molecule has 0 saturated heterocycles. The first kappa shape index (κ1) is 14.5. The Kier molecular flexibility index (Phi) is 6.55. The van der Waals surface area contributed by atoms with E-state index in [2.05, 4.69) is 40.0 Å². The van der Waals surface area contributed by atoms with Crippen LogP contribution >= 0.6 is 15.9 Å². The van der Waals surface area contributed by atoms with E-state index in [0.717, 1.165) is 35.8 Å². The molecule has 0 aliphatic rings. The van der Waals surface area contributed by atoms with Gasteiger partial charge in [0.25, 0.3) is 0 Å². The van der Waals surface area contributed by atoms with Crippen LogP contribution in [0, 0.1) is 0 Å². The third-order valence-electron chi connectivity index (χ3n) is 2.77. The lowest BCUT2D eigenvalue weighted by atomic mass is 10.2. The number of unbranched alkanes of at least 4 members (excludes halogenated alkanes) is 2. The molecular weight excluding hydrogens is 280 g/mol. The maximum atomic E-state index is 8.72. The molecule has 96 valence electrons. The van der Waals surface area contributed by atoms with Gasteiger partial charge < -0.3 is 15.7 Å². The first-order valence-corrected chi connectivity index (χ1v) is 6.78. The number of aliphatic hydroxyl groups is 1. The highest BCUT2D eigenvalue weighted by atomic mass is 79.9. The molecule has 0 radical (unpaired) electrons. The third-order valence-corrected chi connectivity index (χ3v) is 3.23. The van der Waals surface area contributed by atoms with Crippen LogP contribution in [-0.4, -0.2) is 25.3 Å². The van der Waals surface area contributed by atoms with Crippen LogP contribution < -0.4 is 10.6 Å². The average Bonchev–Trinajstić information content (AvgIpc) is 2.33. The minimum atomic E-state index is 0.290. The molecule has 0 aromatic heterocycles. The number of nitrogens with two attached hydrogens (primary N) is 1. The summed E-state index contributed by atoms with van der Waals surface area (Å²) in [7, 11) is 2.08. The summed E-state index contributed by atoms with van der Waals surface area (Å²) in [5, 5.41) is 8.72. The van der Waals surface area contributed by atoms with Crippen LogP contribution in [-0.2, 0) is 6.54 Å². The first-order chi connectivity index (χ1) is 8.17. The number of anilines is 1. The lowest BCUT2D eigenvalue weighted by Crippen LogP contribution is -2.18. The quantitative estimate of drug-likeness (QED) is 0.761. The van der Waals surface area contributed by atoms with Crippen molar-refractivity contribution in [2.45, 2.75) is 25.8 Å². The number of rotatable bonds is 7. The molecule has 1 aromatic rings. The summed E-state index contributed by atoms with van der Waals surface area (Å²) in [4.78, 5) is 2.22. The number of hydrogen-bond acceptors (Lipinski definition) is 3. The molecule has 3 nitrogen and oxygen atoms in total. The van der Waals surface area contributed by atoms with Gasteiger partial charge in [0.1, 0.15) is 0 Å². The summed E-state index contributed by atoms with van der Waals surface area (Å²) in [5.41, 5.74) is 7.98. The fourth-order valence-electron chi connectivity index (χ4n) is 1.74. The Bertz CT molecular complexity index is 344. The summed E-state index contributed by atoms with van der Waals surface area (Å²) in [6.07, 6.45) is 3.06. The van der Waals surface area contributed by atoms with Crippen molar-refractivity contribution in [3.05, 3.63) is 28.2 Å². The summed E-state index contributed by atoms with van der Waals surface area (Å²) in [6, 6.07) is 6.27. The van der Waals surface area contributed by atoms with E-state index in [-0.39, 0.29) is 6.61 Å². The van der Waals surface area contributed by atoms with Gasteiger partial charge in [0, 0.05) is 36.9 Å². The second-order valence-corrected chi connectivity index (χ2v) is 5.14. The van der Waals surface area contributed by atoms with Crippen LogP contribution in [0.25, 0.3) is 0 Å². The highest BCUT2D eigenvalue weighted by Gasteiger charge is 2.03. The highest BCUT2D eigenvalue weighted by Crippen LogP contribution is 2.22. The van der Waals surface area contributed by atoms with E-state index in [1.807, 2.05) is 6.07 Å². The lowest BCUT2D eigenvalue weighted by molar-refractivity contribution is 0.283. The summed E-state index contributed by atoms with van der Waals surface area (Å²) in [5.74, 6) is 0. The largest absolute Gasteiger partial charge is 0.396 e. The van der Waals surface area contributed by atoms with Gasteiger partial charge in [-0.2, -0.15) is 0 Å². The third kappa shape index (κ3) is 5.06. The number of benzene rings is 1. The molecule has 0 saturated carbocycles. The smallest absolute Gasteiger partial charge is 0.0431 e. The van der Waals surface area contributed by atoms with Gasteiger partial charge in [0.05, 0.1) is 0 Å². The molecule has 3 N–H and O–H groups in total. The molecule has 0 aliphatic heterocycles. The number of aliphatic hydroxyl groups excluding tert-OH is 1. The van der Waals surface area contributed by atoms with E-state index in [4.69, 9.17) is 10.8 Å². The van der Waals surface area contributed by atoms with Crippen LogP contribution in [0.2, 0.25) is 0 Å². The molecule has 0 atom stereocenters. The second kappa shape index (κ2) is 7.69. The minimum absolute atomic E-state index is 0.290. The maximum Gasteiger partial charge on any atom is 0.0431 e. The van der Waals surface area contributed by atoms with Crippen molar-refractivity contribution in [1.82, 2.24) is 0 Å². The van der Waals surface area contributed by atoms with Crippen molar-refractivity contribution >= 4 is 21.6 Å². The second-order valence-electron chi connectivity index (χ2n) is 4.23. The van der Waals surface area contributed by atoms with Gasteiger partial charge in [0.15, 0.2) is 0 Å². The normalized spacial score (nSPS) is 10.6. The average molecular weight is 301 g/mol. The van der Waals surface area contributed by atoms with E-state index in [0.29, 0.717) is 6.54 Å². The monoisotopic (exact) mass is 300 g/mol. The van der Waals surface area contributed by atoms with Crippen molar-refractivity contribution in [3.8, 4) is 0 Å². The van der Waals surface area contributed by atoms with E-state index in [9.17, 15) is 0 Å². The molecule has 0 unspecified atom stereocenters. The molecule has 0 spiro atoms. The van der Waals surface area contributed by atoms with Crippen molar-refractivity contribution < 1.29 is 5.11 Å². The minimum Gasteiger partial charge on any atom is -0.396 e. The predicted octanol–water partition coefficient (Wildman–Crippen LogP) is 2.51. The molecule has 0 fully saturated rings. The summed E-state index contributed by atoms with van der Waals surface area (Å²) < 4.78 is 1.07. The fraction of sp³-hybridized carbons (Fsp3) is 0.538. The van der Waals surface area contributed by atoms with Crippen molar-refractivity contribution in [1.29, 1.82) is 0 Å². The Morgan fingerprint density at radius 1 is 1.24 bits per heavy atom. The van der Waals surface area contributed by atoms with Gasteiger partial charge in [-0.25, -0.2) is 0 Å². The van der Waals surface area contributed by atoms with Gasteiger partial charge in [0.2, 0.25) is 0 Å². The molecule has 1 aromatic carbocycles. The van der Waals surface area contributed by atoms with E-state index in [1.54, 1.807) is 0 Å². The molecule has 0 aliphatic carbocycles. The molecular formula is C13H21BrN2O. The van der Waals surface area contributed by atoms with Crippen molar-refractivity contribution in [2.24, 2.45) is 5.73 Å². The predicted molar refractivity (Wildman–Crippen MR) is 76.2 cm³/mol. The number of hydrogen-bond donors (Lipinski definition) is 2. The Morgan fingerprint density at radius 3 is 2.65 bits per heavy atom. The zero-order valence-electron chi connectivity index (χ0n) is 10.3.